The molecule has 2 N–H and O–H groups in total. The topological polar surface area (TPSA) is 83.5 Å². The number of nitrogens with one attached hydrogen (secondary N) is 1. The average Bonchev–Trinajstić information content (AvgIpc) is 2.55. The van der Waals surface area contributed by atoms with Gasteiger partial charge in [-0.15, -0.1) is 11.3 Å². The molecule has 1 aromatic rings. The van der Waals surface area contributed by atoms with Crippen LogP contribution in [0.2, 0.25) is 0 Å². The molecular formula is C13H21NO4S2. The summed E-state index contributed by atoms with van der Waals surface area (Å²) in [5.41, 5.74) is -0.482. The van der Waals surface area contributed by atoms with Crippen molar-refractivity contribution >= 4 is 27.3 Å². The van der Waals surface area contributed by atoms with Gasteiger partial charge >= 0.3 is 5.97 Å². The first-order valence-electron chi connectivity index (χ1n) is 6.24. The molecule has 0 bridgehead atoms. The lowest BCUT2D eigenvalue weighted by atomic mass is 9.85. The Morgan fingerprint density at radius 1 is 1.40 bits per heavy atom. The van der Waals surface area contributed by atoms with Gasteiger partial charge in [-0.05, 0) is 25.3 Å². The molecule has 114 valence electrons. The molecule has 0 fully saturated rings. The minimum atomic E-state index is -3.70. The zero-order valence-corrected chi connectivity index (χ0v) is 14.0. The van der Waals surface area contributed by atoms with Crippen molar-refractivity contribution in [2.45, 2.75) is 52.0 Å². The van der Waals surface area contributed by atoms with Crippen LogP contribution < -0.4 is 4.72 Å². The van der Waals surface area contributed by atoms with Crippen LogP contribution in [0.5, 0.6) is 0 Å². The zero-order valence-electron chi connectivity index (χ0n) is 12.4. The Bertz CT molecular complexity index is 596. The van der Waals surface area contributed by atoms with Crippen molar-refractivity contribution in [2.75, 3.05) is 0 Å². The van der Waals surface area contributed by atoms with Gasteiger partial charge in [0.1, 0.15) is 0 Å². The average molecular weight is 319 g/mol. The van der Waals surface area contributed by atoms with E-state index in [9.17, 15) is 13.2 Å². The molecule has 0 aliphatic carbocycles. The maximum atomic E-state index is 12.4. The van der Waals surface area contributed by atoms with Gasteiger partial charge in [0, 0.05) is 15.8 Å². The van der Waals surface area contributed by atoms with Crippen LogP contribution >= 0.6 is 11.3 Å². The number of rotatable bonds is 5. The largest absolute Gasteiger partial charge is 0.481 e. The number of carboxylic acids is 1. The van der Waals surface area contributed by atoms with E-state index in [1.54, 1.807) is 13.0 Å². The van der Waals surface area contributed by atoms with Gasteiger partial charge in [0.05, 0.1) is 11.3 Å². The molecule has 1 atom stereocenters. The predicted octanol–water partition coefficient (Wildman–Crippen LogP) is 2.53. The Balaban J connectivity index is 3.09. The molecular weight excluding hydrogens is 298 g/mol. The van der Waals surface area contributed by atoms with E-state index >= 15 is 0 Å². The molecule has 0 saturated heterocycles. The fourth-order valence-electron chi connectivity index (χ4n) is 1.82. The fraction of sp³-hybridized carbons (Fsp3) is 0.615. The summed E-state index contributed by atoms with van der Waals surface area (Å²) in [5.74, 6) is -1.02. The summed E-state index contributed by atoms with van der Waals surface area (Å²) < 4.78 is 27.3. The highest BCUT2D eigenvalue weighted by Gasteiger charge is 2.32. The van der Waals surface area contributed by atoms with Crippen LogP contribution in [0.1, 0.15) is 36.9 Å². The number of hydrogen-bond acceptors (Lipinski definition) is 4. The second-order valence-corrected chi connectivity index (χ2v) is 9.06. The van der Waals surface area contributed by atoms with Gasteiger partial charge in [0.2, 0.25) is 10.0 Å². The normalized spacial score (nSPS) is 14.2. The maximum Gasteiger partial charge on any atom is 0.304 e. The molecule has 7 heteroatoms. The Hall–Kier alpha value is -0.920. The van der Waals surface area contributed by atoms with E-state index in [0.29, 0.717) is 4.88 Å². The minimum Gasteiger partial charge on any atom is -0.481 e. The highest BCUT2D eigenvalue weighted by atomic mass is 32.2. The lowest BCUT2D eigenvalue weighted by Gasteiger charge is -2.30. The molecule has 0 aromatic carbocycles. The minimum absolute atomic E-state index is 0.236. The zero-order chi connectivity index (χ0) is 15.7. The van der Waals surface area contributed by atoms with Crippen LogP contribution in [0.3, 0.4) is 0 Å². The molecule has 0 aliphatic heterocycles. The van der Waals surface area contributed by atoms with Gasteiger partial charge in [0.25, 0.3) is 0 Å². The van der Waals surface area contributed by atoms with Gasteiger partial charge in [-0.2, -0.15) is 0 Å². The van der Waals surface area contributed by atoms with E-state index in [-0.39, 0.29) is 11.3 Å². The van der Waals surface area contributed by atoms with Crippen LogP contribution in [0.4, 0.5) is 0 Å². The number of carbonyl (C=O) groups is 1. The van der Waals surface area contributed by atoms with Crippen molar-refractivity contribution in [3.8, 4) is 0 Å². The van der Waals surface area contributed by atoms with Crippen LogP contribution in [-0.2, 0) is 14.8 Å². The SMILES string of the molecule is Cc1cc(S(=O)(=O)NC(CC(=O)O)C(C)(C)C)c(C)s1. The predicted molar refractivity (Wildman–Crippen MR) is 79.6 cm³/mol. The lowest BCUT2D eigenvalue weighted by molar-refractivity contribution is -0.138. The monoisotopic (exact) mass is 319 g/mol. The van der Waals surface area contributed by atoms with Gasteiger partial charge < -0.3 is 5.11 Å². The number of carboxylic acid groups (broad SMARTS) is 1. The van der Waals surface area contributed by atoms with Gasteiger partial charge in [-0.25, -0.2) is 13.1 Å². The smallest absolute Gasteiger partial charge is 0.304 e. The number of aliphatic carboxylic acids is 1. The standard InChI is InChI=1S/C13H21NO4S2/c1-8-6-10(9(2)19-8)20(17,18)14-11(7-12(15)16)13(3,4)5/h6,11,14H,7H2,1-5H3,(H,15,16). The highest BCUT2D eigenvalue weighted by Crippen LogP contribution is 2.28. The third-order valence-corrected chi connectivity index (χ3v) is 5.70. The summed E-state index contributed by atoms with van der Waals surface area (Å²) in [5, 5.41) is 8.94. The van der Waals surface area contributed by atoms with Crippen molar-refractivity contribution < 1.29 is 18.3 Å². The summed E-state index contributed by atoms with van der Waals surface area (Å²) in [7, 11) is -3.70. The van der Waals surface area contributed by atoms with Gasteiger partial charge in [-0.1, -0.05) is 20.8 Å². The van der Waals surface area contributed by atoms with E-state index in [1.165, 1.54) is 11.3 Å². The number of aryl methyl sites for hydroxylation is 2. The second kappa shape index (κ2) is 5.83. The maximum absolute atomic E-state index is 12.4. The van der Waals surface area contributed by atoms with Gasteiger partial charge in [0.15, 0.2) is 0 Å². The molecule has 20 heavy (non-hydrogen) atoms. The summed E-state index contributed by atoms with van der Waals surface area (Å²) >= 11 is 1.41. The quantitative estimate of drug-likeness (QED) is 0.873. The molecule has 0 radical (unpaired) electrons. The van der Waals surface area contributed by atoms with E-state index in [0.717, 1.165) is 4.88 Å². The van der Waals surface area contributed by atoms with E-state index < -0.39 is 27.4 Å². The first-order valence-corrected chi connectivity index (χ1v) is 8.54. The molecule has 1 rings (SSSR count). The number of hydrogen-bond donors (Lipinski definition) is 2. The molecule has 0 aliphatic rings. The first kappa shape index (κ1) is 17.1. The molecule has 1 heterocycles. The summed E-state index contributed by atoms with van der Waals surface area (Å²) in [6, 6.07) is 0.952. The Labute approximate surface area is 124 Å². The van der Waals surface area contributed by atoms with Crippen molar-refractivity contribution in [1.29, 1.82) is 0 Å². The van der Waals surface area contributed by atoms with Crippen molar-refractivity contribution in [1.82, 2.24) is 4.72 Å². The van der Waals surface area contributed by atoms with Crippen LogP contribution in [-0.4, -0.2) is 25.5 Å². The molecule has 0 saturated carbocycles. The Kier molecular flexibility index (Phi) is 4.99. The van der Waals surface area contributed by atoms with Crippen molar-refractivity contribution in [2.24, 2.45) is 5.41 Å². The highest BCUT2D eigenvalue weighted by molar-refractivity contribution is 7.89. The number of thiophene rings is 1. The summed E-state index contributed by atoms with van der Waals surface area (Å²) in [4.78, 5) is 12.8. The lowest BCUT2D eigenvalue weighted by Crippen LogP contribution is -2.45. The Morgan fingerprint density at radius 3 is 2.30 bits per heavy atom. The third-order valence-electron chi connectivity index (χ3n) is 3.01. The molecule has 1 unspecified atom stereocenters. The van der Waals surface area contributed by atoms with E-state index in [1.807, 2.05) is 27.7 Å². The second-order valence-electron chi connectivity index (χ2n) is 5.92. The first-order chi connectivity index (χ1) is 8.93. The third kappa shape index (κ3) is 4.29. The fourth-order valence-corrected chi connectivity index (χ4v) is 4.82. The van der Waals surface area contributed by atoms with Crippen LogP contribution in [0, 0.1) is 19.3 Å². The van der Waals surface area contributed by atoms with E-state index in [2.05, 4.69) is 4.72 Å². The van der Waals surface area contributed by atoms with Gasteiger partial charge in [-0.3, -0.25) is 4.79 Å². The molecule has 1 aromatic heterocycles. The van der Waals surface area contributed by atoms with Crippen LogP contribution in [0.15, 0.2) is 11.0 Å². The Morgan fingerprint density at radius 2 is 1.95 bits per heavy atom. The van der Waals surface area contributed by atoms with Crippen molar-refractivity contribution in [3.05, 3.63) is 15.8 Å². The molecule has 0 amide bonds. The molecule has 5 nitrogen and oxygen atoms in total. The summed E-state index contributed by atoms with van der Waals surface area (Å²) in [6.07, 6.45) is -0.245. The number of sulfonamides is 1. The van der Waals surface area contributed by atoms with Crippen LogP contribution in [0.25, 0.3) is 0 Å². The van der Waals surface area contributed by atoms with Crippen molar-refractivity contribution in [3.63, 3.8) is 0 Å². The summed E-state index contributed by atoms with van der Waals surface area (Å²) in [6.45, 7) is 9.03. The molecule has 0 spiro atoms. The van der Waals surface area contributed by atoms with E-state index in [4.69, 9.17) is 5.11 Å².